The van der Waals surface area contributed by atoms with E-state index in [-0.39, 0.29) is 25.7 Å². The van der Waals surface area contributed by atoms with Crippen LogP contribution in [0.5, 0.6) is 0 Å². The van der Waals surface area contributed by atoms with E-state index in [0.717, 1.165) is 109 Å². The average Bonchev–Trinajstić information content (AvgIpc) is 3.40. The molecular weight excluding hydrogens is 1040 g/mol. The van der Waals surface area contributed by atoms with Crippen LogP contribution in [-0.4, -0.2) is 96.7 Å². The van der Waals surface area contributed by atoms with Gasteiger partial charge in [-0.2, -0.15) is 0 Å². The molecule has 0 amide bonds. The lowest BCUT2D eigenvalue weighted by Gasteiger charge is -2.21. The number of phosphoric ester groups is 2. The fraction of sp³-hybridized carbons (Fsp3) is 0.932. The zero-order valence-corrected chi connectivity index (χ0v) is 51.7. The number of esters is 4. The van der Waals surface area contributed by atoms with Crippen LogP contribution < -0.4 is 0 Å². The van der Waals surface area contributed by atoms with Crippen molar-refractivity contribution in [2.24, 2.45) is 11.8 Å². The summed E-state index contributed by atoms with van der Waals surface area (Å²) in [4.78, 5) is 71.7. The van der Waals surface area contributed by atoms with E-state index in [2.05, 4.69) is 41.5 Å². The van der Waals surface area contributed by atoms with E-state index in [9.17, 15) is 43.2 Å². The molecule has 17 nitrogen and oxygen atoms in total. The SMILES string of the molecule is CCCCCCCCCCCC(=O)O[C@H](COC(=O)CCCCCCC)COP(=O)(O)OC[C@H](O)COP(=O)(O)OC[C@@H](COC(=O)CCCCCCCCCC(C)C)OC(=O)CCCCCCCCCCCCC(C)CC. The first-order valence-electron chi connectivity index (χ1n) is 31.0. The Morgan fingerprint density at radius 3 is 0.974 bits per heavy atom. The molecule has 3 unspecified atom stereocenters. The predicted octanol–water partition coefficient (Wildman–Crippen LogP) is 15.7. The van der Waals surface area contributed by atoms with Gasteiger partial charge in [-0.3, -0.25) is 37.3 Å². The summed E-state index contributed by atoms with van der Waals surface area (Å²) in [6.07, 6.45) is 32.4. The number of aliphatic hydroxyl groups excluding tert-OH is 1. The van der Waals surface area contributed by atoms with Crippen molar-refractivity contribution >= 4 is 39.5 Å². The van der Waals surface area contributed by atoms with E-state index in [4.69, 9.17) is 37.0 Å². The number of unbranched alkanes of at least 4 members (excludes halogenated alkanes) is 27. The Labute approximate surface area is 473 Å². The molecule has 0 fully saturated rings. The number of hydrogen-bond acceptors (Lipinski definition) is 15. The number of phosphoric acid groups is 2. The smallest absolute Gasteiger partial charge is 0.462 e. The number of hydrogen-bond donors (Lipinski definition) is 3. The van der Waals surface area contributed by atoms with E-state index < -0.39 is 97.5 Å². The zero-order chi connectivity index (χ0) is 58.0. The number of carbonyl (C=O) groups excluding carboxylic acids is 4. The normalized spacial score (nSPS) is 14.8. The molecule has 0 aliphatic rings. The third-order valence-electron chi connectivity index (χ3n) is 13.8. The summed E-state index contributed by atoms with van der Waals surface area (Å²) in [6, 6.07) is 0. The topological polar surface area (TPSA) is 237 Å². The zero-order valence-electron chi connectivity index (χ0n) is 50.0. The van der Waals surface area contributed by atoms with Gasteiger partial charge in [-0.15, -0.1) is 0 Å². The molecule has 0 heterocycles. The van der Waals surface area contributed by atoms with Crippen LogP contribution in [-0.2, 0) is 65.4 Å². The summed E-state index contributed by atoms with van der Waals surface area (Å²) < 4.78 is 67.5. The van der Waals surface area contributed by atoms with Crippen molar-refractivity contribution in [2.45, 2.75) is 304 Å². The van der Waals surface area contributed by atoms with Gasteiger partial charge in [-0.25, -0.2) is 9.13 Å². The molecule has 0 aromatic carbocycles. The number of ether oxygens (including phenoxy) is 4. The van der Waals surface area contributed by atoms with Crippen LogP contribution in [0.3, 0.4) is 0 Å². The highest BCUT2D eigenvalue weighted by Crippen LogP contribution is 2.45. The summed E-state index contributed by atoms with van der Waals surface area (Å²) in [5, 5.41) is 10.5. The number of aliphatic hydroxyl groups is 1. The van der Waals surface area contributed by atoms with Gasteiger partial charge in [0.1, 0.15) is 19.3 Å². The van der Waals surface area contributed by atoms with Crippen molar-refractivity contribution in [3.8, 4) is 0 Å². The van der Waals surface area contributed by atoms with Crippen molar-refractivity contribution in [1.29, 1.82) is 0 Å². The molecule has 0 radical (unpaired) electrons. The van der Waals surface area contributed by atoms with Crippen LogP contribution in [0.25, 0.3) is 0 Å². The summed E-state index contributed by atoms with van der Waals surface area (Å²) in [5.74, 6) is -0.646. The third-order valence-corrected chi connectivity index (χ3v) is 15.7. The first kappa shape index (κ1) is 76.1. The fourth-order valence-corrected chi connectivity index (χ4v) is 10.2. The average molecular weight is 1160 g/mol. The lowest BCUT2D eigenvalue weighted by Crippen LogP contribution is -2.30. The molecule has 0 aromatic rings. The van der Waals surface area contributed by atoms with Gasteiger partial charge in [0.2, 0.25) is 0 Å². The molecule has 0 rings (SSSR count). The first-order chi connectivity index (χ1) is 37.4. The van der Waals surface area contributed by atoms with E-state index >= 15 is 0 Å². The van der Waals surface area contributed by atoms with E-state index in [1.807, 2.05) is 0 Å². The van der Waals surface area contributed by atoms with Crippen molar-refractivity contribution in [3.63, 3.8) is 0 Å². The van der Waals surface area contributed by atoms with Crippen LogP contribution in [0.2, 0.25) is 0 Å². The Kier molecular flexibility index (Phi) is 50.6. The Morgan fingerprint density at radius 1 is 0.372 bits per heavy atom. The second-order valence-electron chi connectivity index (χ2n) is 22.1. The van der Waals surface area contributed by atoms with Gasteiger partial charge < -0.3 is 33.8 Å². The predicted molar refractivity (Wildman–Crippen MR) is 308 cm³/mol. The van der Waals surface area contributed by atoms with E-state index in [1.54, 1.807) is 0 Å². The molecule has 6 atom stereocenters. The Balaban J connectivity index is 5.18. The molecule has 0 aromatic heterocycles. The number of rotatable bonds is 58. The monoisotopic (exact) mass is 1160 g/mol. The fourth-order valence-electron chi connectivity index (χ4n) is 8.61. The second kappa shape index (κ2) is 51.9. The maximum absolute atomic E-state index is 12.9. The lowest BCUT2D eigenvalue weighted by molar-refractivity contribution is -0.161. The summed E-state index contributed by atoms with van der Waals surface area (Å²) in [7, 11) is -9.87. The highest BCUT2D eigenvalue weighted by atomic mass is 31.2. The summed E-state index contributed by atoms with van der Waals surface area (Å²) in [5.41, 5.74) is 0. The largest absolute Gasteiger partial charge is 0.472 e. The van der Waals surface area contributed by atoms with Crippen molar-refractivity contribution in [2.75, 3.05) is 39.6 Å². The Bertz CT molecular complexity index is 1550. The van der Waals surface area contributed by atoms with Crippen LogP contribution in [0.1, 0.15) is 286 Å². The maximum atomic E-state index is 12.9. The Morgan fingerprint density at radius 2 is 0.654 bits per heavy atom. The molecule has 0 aliphatic heterocycles. The molecule has 78 heavy (non-hydrogen) atoms. The summed E-state index contributed by atoms with van der Waals surface area (Å²) >= 11 is 0. The van der Waals surface area contributed by atoms with Crippen LogP contribution in [0.4, 0.5) is 0 Å². The minimum Gasteiger partial charge on any atom is -0.462 e. The van der Waals surface area contributed by atoms with Crippen molar-refractivity contribution in [3.05, 3.63) is 0 Å². The maximum Gasteiger partial charge on any atom is 0.472 e. The highest BCUT2D eigenvalue weighted by Gasteiger charge is 2.30. The molecule has 0 saturated heterocycles. The lowest BCUT2D eigenvalue weighted by atomic mass is 9.99. The summed E-state index contributed by atoms with van der Waals surface area (Å²) in [6.45, 7) is 9.32. The minimum absolute atomic E-state index is 0.104. The molecule has 0 aliphatic carbocycles. The molecule has 0 saturated carbocycles. The second-order valence-corrected chi connectivity index (χ2v) is 25.0. The van der Waals surface area contributed by atoms with Crippen molar-refractivity contribution in [1.82, 2.24) is 0 Å². The van der Waals surface area contributed by atoms with Gasteiger partial charge in [-0.1, -0.05) is 234 Å². The van der Waals surface area contributed by atoms with Gasteiger partial charge in [0.05, 0.1) is 26.4 Å². The van der Waals surface area contributed by atoms with Gasteiger partial charge in [0.15, 0.2) is 12.2 Å². The van der Waals surface area contributed by atoms with E-state index in [0.29, 0.717) is 31.6 Å². The quantitative estimate of drug-likeness (QED) is 0.0222. The van der Waals surface area contributed by atoms with Crippen molar-refractivity contribution < 1.29 is 80.2 Å². The van der Waals surface area contributed by atoms with Gasteiger partial charge in [0.25, 0.3) is 0 Å². The molecule has 0 spiro atoms. The van der Waals surface area contributed by atoms with Crippen LogP contribution in [0, 0.1) is 11.8 Å². The third kappa shape index (κ3) is 52.2. The van der Waals surface area contributed by atoms with Crippen LogP contribution in [0.15, 0.2) is 0 Å². The van der Waals surface area contributed by atoms with Gasteiger partial charge in [0, 0.05) is 25.7 Å². The minimum atomic E-state index is -4.94. The standard InChI is InChI=1S/C59H114O17P2/c1-7-10-12-14-15-18-24-31-37-43-58(63)75-54(47-69-56(61)41-35-27-13-11-8-2)49-73-77(65,66)71-45-53(60)46-72-78(67,68)74-50-55(48-70-57(62)42-36-30-26-21-22-28-33-39-51(4)5)76-59(64)44-38-32-25-20-17-16-19-23-29-34-40-52(6)9-3/h51-55,60H,7-50H2,1-6H3,(H,65,66)(H,67,68)/t52?,53-,54+,55+/m0/s1. The van der Waals surface area contributed by atoms with Gasteiger partial charge in [-0.05, 0) is 37.5 Å². The van der Waals surface area contributed by atoms with E-state index in [1.165, 1.54) is 89.9 Å². The van der Waals surface area contributed by atoms with Crippen LogP contribution >= 0.6 is 15.6 Å². The number of carbonyl (C=O) groups is 4. The van der Waals surface area contributed by atoms with Gasteiger partial charge >= 0.3 is 39.5 Å². The molecule has 19 heteroatoms. The molecule has 3 N–H and O–H groups in total. The first-order valence-corrected chi connectivity index (χ1v) is 34.0. The molecule has 0 bridgehead atoms. The molecular formula is C59H114O17P2. The molecule has 462 valence electrons. The Hall–Kier alpha value is -1.94. The highest BCUT2D eigenvalue weighted by molar-refractivity contribution is 7.47.